The number of anilines is 1. The molecule has 1 N–H and O–H groups in total. The molecule has 2 aromatic carbocycles. The standard InChI is InChI=1S/C24H21Br2N3O2S/c1-15-3-8-21(16(2)9-15)31-13-18-10-22(32-14-18)24(30)27-23-20(26)12-29(28-23)11-17-4-6-19(25)7-5-17/h3-10,12,14H,11,13H2,1-2H3,(H,27,28,30). The highest BCUT2D eigenvalue weighted by Crippen LogP contribution is 2.25. The fraction of sp³-hybridized carbons (Fsp3) is 0.167. The van der Waals surface area contributed by atoms with E-state index in [9.17, 15) is 4.79 Å². The van der Waals surface area contributed by atoms with Crippen LogP contribution in [0.2, 0.25) is 0 Å². The van der Waals surface area contributed by atoms with Crippen LogP contribution in [0.4, 0.5) is 5.82 Å². The molecule has 32 heavy (non-hydrogen) atoms. The molecule has 0 radical (unpaired) electrons. The zero-order chi connectivity index (χ0) is 22.7. The first-order valence-corrected chi connectivity index (χ1v) is 12.4. The largest absolute Gasteiger partial charge is 0.489 e. The maximum absolute atomic E-state index is 12.7. The Morgan fingerprint density at radius 3 is 2.62 bits per heavy atom. The van der Waals surface area contributed by atoms with Gasteiger partial charge >= 0.3 is 0 Å². The number of aryl methyl sites for hydroxylation is 2. The fourth-order valence-electron chi connectivity index (χ4n) is 3.20. The molecule has 0 spiro atoms. The van der Waals surface area contributed by atoms with Crippen molar-refractivity contribution in [2.75, 3.05) is 5.32 Å². The Kier molecular flexibility index (Phi) is 7.13. The summed E-state index contributed by atoms with van der Waals surface area (Å²) in [4.78, 5) is 13.3. The minimum absolute atomic E-state index is 0.192. The van der Waals surface area contributed by atoms with Crippen LogP contribution in [0.15, 0.2) is 69.1 Å². The van der Waals surface area contributed by atoms with E-state index in [2.05, 4.69) is 55.3 Å². The topological polar surface area (TPSA) is 56.1 Å². The highest BCUT2D eigenvalue weighted by Gasteiger charge is 2.15. The van der Waals surface area contributed by atoms with Crippen molar-refractivity contribution < 1.29 is 9.53 Å². The molecule has 0 bridgehead atoms. The van der Waals surface area contributed by atoms with E-state index in [0.29, 0.717) is 23.8 Å². The van der Waals surface area contributed by atoms with E-state index in [1.54, 1.807) is 4.68 Å². The van der Waals surface area contributed by atoms with Gasteiger partial charge in [0.15, 0.2) is 5.82 Å². The van der Waals surface area contributed by atoms with Gasteiger partial charge in [-0.1, -0.05) is 45.8 Å². The van der Waals surface area contributed by atoms with Gasteiger partial charge in [0.25, 0.3) is 5.91 Å². The fourth-order valence-corrected chi connectivity index (χ4v) is 4.67. The average Bonchev–Trinajstić information content (AvgIpc) is 3.36. The lowest BCUT2D eigenvalue weighted by molar-refractivity contribution is 0.103. The van der Waals surface area contributed by atoms with Gasteiger partial charge in [-0.3, -0.25) is 9.48 Å². The van der Waals surface area contributed by atoms with Crippen LogP contribution in [0.3, 0.4) is 0 Å². The second kappa shape index (κ2) is 10.0. The Bertz CT molecular complexity index is 1250. The normalized spacial score (nSPS) is 10.9. The third-order valence-electron chi connectivity index (χ3n) is 4.81. The van der Waals surface area contributed by atoms with Crippen molar-refractivity contribution in [1.29, 1.82) is 0 Å². The van der Waals surface area contributed by atoms with Gasteiger partial charge in [-0.05, 0) is 70.5 Å². The summed E-state index contributed by atoms with van der Waals surface area (Å²) in [6.07, 6.45) is 1.86. The Morgan fingerprint density at radius 2 is 1.88 bits per heavy atom. The van der Waals surface area contributed by atoms with Crippen molar-refractivity contribution in [1.82, 2.24) is 9.78 Å². The molecule has 0 saturated carbocycles. The maximum Gasteiger partial charge on any atom is 0.266 e. The second-order valence-electron chi connectivity index (χ2n) is 7.48. The number of nitrogens with zero attached hydrogens (tertiary/aromatic N) is 2. The second-order valence-corrected chi connectivity index (χ2v) is 10.2. The van der Waals surface area contributed by atoms with Crippen molar-refractivity contribution in [2.24, 2.45) is 0 Å². The quantitative estimate of drug-likeness (QED) is 0.259. The summed E-state index contributed by atoms with van der Waals surface area (Å²) in [7, 11) is 0. The Balaban J connectivity index is 1.37. The number of hydrogen-bond acceptors (Lipinski definition) is 4. The Hall–Kier alpha value is -2.42. The van der Waals surface area contributed by atoms with E-state index in [0.717, 1.165) is 31.4 Å². The zero-order valence-corrected chi connectivity index (χ0v) is 21.6. The van der Waals surface area contributed by atoms with Crippen LogP contribution in [0.5, 0.6) is 5.75 Å². The molecule has 5 nitrogen and oxygen atoms in total. The van der Waals surface area contributed by atoms with Crippen LogP contribution in [-0.4, -0.2) is 15.7 Å². The molecule has 0 aliphatic rings. The van der Waals surface area contributed by atoms with Crippen molar-refractivity contribution in [2.45, 2.75) is 27.0 Å². The van der Waals surface area contributed by atoms with Gasteiger partial charge in [-0.25, -0.2) is 0 Å². The van der Waals surface area contributed by atoms with E-state index in [4.69, 9.17) is 4.74 Å². The monoisotopic (exact) mass is 573 g/mol. The smallest absolute Gasteiger partial charge is 0.266 e. The summed E-state index contributed by atoms with van der Waals surface area (Å²) in [5, 5.41) is 9.33. The number of aromatic nitrogens is 2. The summed E-state index contributed by atoms with van der Waals surface area (Å²) < 4.78 is 9.48. The Morgan fingerprint density at radius 1 is 1.09 bits per heavy atom. The van der Waals surface area contributed by atoms with Gasteiger partial charge in [0, 0.05) is 16.2 Å². The first-order chi connectivity index (χ1) is 15.4. The number of ether oxygens (including phenoxy) is 1. The molecule has 0 atom stereocenters. The van der Waals surface area contributed by atoms with Gasteiger partial charge in [0.05, 0.1) is 15.9 Å². The van der Waals surface area contributed by atoms with Crippen molar-refractivity contribution in [3.05, 3.63) is 96.2 Å². The summed E-state index contributed by atoms with van der Waals surface area (Å²) >= 11 is 8.32. The summed E-state index contributed by atoms with van der Waals surface area (Å²) in [6.45, 7) is 5.12. The molecule has 2 aromatic heterocycles. The van der Waals surface area contributed by atoms with Gasteiger partial charge in [-0.15, -0.1) is 11.3 Å². The number of nitrogens with one attached hydrogen (secondary N) is 1. The predicted molar refractivity (Wildman–Crippen MR) is 136 cm³/mol. The van der Waals surface area contributed by atoms with Crippen molar-refractivity contribution >= 4 is 54.9 Å². The number of hydrogen-bond donors (Lipinski definition) is 1. The highest BCUT2D eigenvalue weighted by atomic mass is 79.9. The SMILES string of the molecule is Cc1ccc(OCc2csc(C(=O)Nc3nn(Cc4ccc(Br)cc4)cc3Br)c2)c(C)c1. The minimum Gasteiger partial charge on any atom is -0.489 e. The molecule has 0 unspecified atom stereocenters. The summed E-state index contributed by atoms with van der Waals surface area (Å²) in [6, 6.07) is 16.0. The third kappa shape index (κ3) is 5.68. The number of carbonyl (C=O) groups is 1. The van der Waals surface area contributed by atoms with Crippen LogP contribution in [0.1, 0.15) is 31.9 Å². The molecule has 1 amide bonds. The van der Waals surface area contributed by atoms with Gasteiger partial charge in [0.1, 0.15) is 12.4 Å². The van der Waals surface area contributed by atoms with Crippen molar-refractivity contribution in [3.8, 4) is 5.75 Å². The lowest BCUT2D eigenvalue weighted by Gasteiger charge is -2.08. The average molecular weight is 575 g/mol. The number of halogens is 2. The molecular weight excluding hydrogens is 554 g/mol. The van der Waals surface area contributed by atoms with E-state index in [1.807, 2.05) is 61.0 Å². The molecule has 0 aliphatic heterocycles. The number of rotatable bonds is 7. The first kappa shape index (κ1) is 22.8. The third-order valence-corrected chi connectivity index (χ3v) is 6.90. The number of amides is 1. The molecule has 2 heterocycles. The van der Waals surface area contributed by atoms with Crippen LogP contribution in [0.25, 0.3) is 0 Å². The molecule has 164 valence electrons. The molecule has 0 fully saturated rings. The number of thiophene rings is 1. The summed E-state index contributed by atoms with van der Waals surface area (Å²) in [5.41, 5.74) is 4.38. The minimum atomic E-state index is -0.192. The van der Waals surface area contributed by atoms with Gasteiger partial charge in [0.2, 0.25) is 0 Å². The van der Waals surface area contributed by atoms with E-state index in [-0.39, 0.29) is 5.91 Å². The molecule has 0 saturated heterocycles. The van der Waals surface area contributed by atoms with Gasteiger partial charge in [-0.2, -0.15) is 5.10 Å². The lowest BCUT2D eigenvalue weighted by Crippen LogP contribution is -2.11. The number of carbonyl (C=O) groups excluding carboxylic acids is 1. The van der Waals surface area contributed by atoms with E-state index >= 15 is 0 Å². The van der Waals surface area contributed by atoms with Crippen LogP contribution in [0, 0.1) is 13.8 Å². The number of benzene rings is 2. The molecule has 8 heteroatoms. The summed E-state index contributed by atoms with van der Waals surface area (Å²) in [5.74, 6) is 1.16. The predicted octanol–water partition coefficient (Wildman–Crippen LogP) is 6.97. The Labute approximate surface area is 207 Å². The lowest BCUT2D eigenvalue weighted by atomic mass is 10.1. The first-order valence-electron chi connectivity index (χ1n) is 9.93. The van der Waals surface area contributed by atoms with Crippen LogP contribution in [-0.2, 0) is 13.2 Å². The maximum atomic E-state index is 12.7. The van der Waals surface area contributed by atoms with E-state index < -0.39 is 0 Å². The zero-order valence-electron chi connectivity index (χ0n) is 17.6. The highest BCUT2D eigenvalue weighted by molar-refractivity contribution is 9.10. The van der Waals surface area contributed by atoms with E-state index in [1.165, 1.54) is 16.9 Å². The molecular formula is C24H21Br2N3O2S. The van der Waals surface area contributed by atoms with Crippen LogP contribution >= 0.6 is 43.2 Å². The van der Waals surface area contributed by atoms with Gasteiger partial charge < -0.3 is 10.1 Å². The molecule has 4 rings (SSSR count). The van der Waals surface area contributed by atoms with Crippen molar-refractivity contribution in [3.63, 3.8) is 0 Å². The van der Waals surface area contributed by atoms with Crippen LogP contribution < -0.4 is 10.1 Å². The molecule has 0 aliphatic carbocycles. The molecule has 4 aromatic rings.